The predicted molar refractivity (Wildman–Crippen MR) is 49.0 cm³/mol. The highest BCUT2D eigenvalue weighted by Gasteiger charge is 2.14. The number of carbonyl (C=O) groups excluding carboxylic acids is 1. The van der Waals surface area contributed by atoms with Crippen LogP contribution in [0.1, 0.15) is 13.8 Å². The highest BCUT2D eigenvalue weighted by atomic mass is 16.6. The van der Waals surface area contributed by atoms with E-state index < -0.39 is 6.09 Å². The van der Waals surface area contributed by atoms with Crippen LogP contribution in [0.4, 0.5) is 4.79 Å². The third kappa shape index (κ3) is 1.37. The van der Waals surface area contributed by atoms with E-state index in [0.29, 0.717) is 11.1 Å². The van der Waals surface area contributed by atoms with Gasteiger partial charge >= 0.3 is 6.09 Å². The molecule has 2 aromatic rings. The van der Waals surface area contributed by atoms with E-state index >= 15 is 0 Å². The summed E-state index contributed by atoms with van der Waals surface area (Å²) in [5, 5.41) is 3.86. The molecule has 0 aliphatic carbocycles. The quantitative estimate of drug-likeness (QED) is 0.696. The molecule has 0 saturated heterocycles. The Morgan fingerprint density at radius 1 is 1.64 bits per heavy atom. The highest BCUT2D eigenvalue weighted by molar-refractivity contribution is 5.84. The van der Waals surface area contributed by atoms with Gasteiger partial charge in [-0.05, 0) is 13.8 Å². The highest BCUT2D eigenvalue weighted by Crippen LogP contribution is 2.14. The van der Waals surface area contributed by atoms with Crippen molar-refractivity contribution < 1.29 is 13.9 Å². The monoisotopic (exact) mass is 194 g/mol. The van der Waals surface area contributed by atoms with Crippen LogP contribution in [0.5, 0.6) is 0 Å². The number of hydrogen-bond acceptors (Lipinski definition) is 4. The Kier molecular flexibility index (Phi) is 1.99. The minimum atomic E-state index is -0.489. The van der Waals surface area contributed by atoms with E-state index in [1.165, 1.54) is 17.1 Å². The van der Waals surface area contributed by atoms with Crippen molar-refractivity contribution in [1.29, 1.82) is 0 Å². The fraction of sp³-hybridized carbons (Fsp3) is 0.333. The number of ether oxygens (including phenoxy) is 1. The van der Waals surface area contributed by atoms with Gasteiger partial charge in [0.05, 0.1) is 18.6 Å². The van der Waals surface area contributed by atoms with Crippen molar-refractivity contribution in [2.75, 3.05) is 0 Å². The summed E-state index contributed by atoms with van der Waals surface area (Å²) in [4.78, 5) is 11.5. The second kappa shape index (κ2) is 3.17. The van der Waals surface area contributed by atoms with Gasteiger partial charge in [0.1, 0.15) is 5.52 Å². The van der Waals surface area contributed by atoms with E-state index in [0.717, 1.165) is 0 Å². The van der Waals surface area contributed by atoms with Crippen LogP contribution in [0.3, 0.4) is 0 Å². The number of furan rings is 1. The Labute approximate surface area is 80.2 Å². The molecule has 0 unspecified atom stereocenters. The lowest BCUT2D eigenvalue weighted by molar-refractivity contribution is 0.115. The molecule has 14 heavy (non-hydrogen) atoms. The Morgan fingerprint density at radius 3 is 3.14 bits per heavy atom. The van der Waals surface area contributed by atoms with Gasteiger partial charge in [0.2, 0.25) is 0 Å². The third-order valence-corrected chi connectivity index (χ3v) is 1.70. The molecule has 0 bridgehead atoms. The van der Waals surface area contributed by atoms with E-state index in [4.69, 9.17) is 9.15 Å². The van der Waals surface area contributed by atoms with Gasteiger partial charge in [-0.15, -0.1) is 0 Å². The molecule has 2 heterocycles. The molecule has 0 saturated carbocycles. The molecule has 2 rings (SSSR count). The summed E-state index contributed by atoms with van der Waals surface area (Å²) in [7, 11) is 0. The molecule has 0 atom stereocenters. The van der Waals surface area contributed by atoms with Gasteiger partial charge in [-0.2, -0.15) is 9.78 Å². The Hall–Kier alpha value is -1.78. The van der Waals surface area contributed by atoms with Crippen molar-refractivity contribution in [2.24, 2.45) is 0 Å². The number of aromatic nitrogens is 2. The number of nitrogens with zero attached hydrogens (tertiary/aromatic N) is 2. The van der Waals surface area contributed by atoms with Gasteiger partial charge in [-0.3, -0.25) is 0 Å². The maximum atomic E-state index is 11.5. The molecule has 74 valence electrons. The van der Waals surface area contributed by atoms with Crippen LogP contribution >= 0.6 is 0 Å². The van der Waals surface area contributed by atoms with Gasteiger partial charge in [0.15, 0.2) is 5.58 Å². The summed E-state index contributed by atoms with van der Waals surface area (Å²) in [6, 6.07) is 1.67. The van der Waals surface area contributed by atoms with Crippen molar-refractivity contribution in [3.05, 3.63) is 18.5 Å². The SMILES string of the molecule is CC(C)OC(=O)n1ncc2occc21. The van der Waals surface area contributed by atoms with Gasteiger partial charge < -0.3 is 9.15 Å². The number of hydrogen-bond donors (Lipinski definition) is 0. The summed E-state index contributed by atoms with van der Waals surface area (Å²) in [6.07, 6.45) is 2.34. The first-order valence-electron chi connectivity index (χ1n) is 4.30. The Balaban J connectivity index is 2.34. The fourth-order valence-corrected chi connectivity index (χ4v) is 1.16. The number of fused-ring (bicyclic) bond motifs is 1. The summed E-state index contributed by atoms with van der Waals surface area (Å²) in [5.74, 6) is 0. The zero-order chi connectivity index (χ0) is 10.1. The van der Waals surface area contributed by atoms with E-state index in [1.807, 2.05) is 0 Å². The maximum absolute atomic E-state index is 11.5. The first kappa shape index (κ1) is 8.80. The maximum Gasteiger partial charge on any atom is 0.435 e. The van der Waals surface area contributed by atoms with Crippen LogP contribution in [0.25, 0.3) is 11.1 Å². The number of carbonyl (C=O) groups is 1. The fourth-order valence-electron chi connectivity index (χ4n) is 1.16. The molecule has 0 aliphatic heterocycles. The third-order valence-electron chi connectivity index (χ3n) is 1.70. The summed E-state index contributed by atoms with van der Waals surface area (Å²) < 4.78 is 11.2. The minimum Gasteiger partial charge on any atom is -0.461 e. The van der Waals surface area contributed by atoms with Crippen LogP contribution in [0.2, 0.25) is 0 Å². The zero-order valence-corrected chi connectivity index (χ0v) is 7.93. The van der Waals surface area contributed by atoms with Crippen molar-refractivity contribution >= 4 is 17.2 Å². The van der Waals surface area contributed by atoms with Gasteiger partial charge in [0.25, 0.3) is 0 Å². The number of rotatable bonds is 1. The molecule has 0 radical (unpaired) electrons. The van der Waals surface area contributed by atoms with Crippen molar-refractivity contribution in [2.45, 2.75) is 20.0 Å². The van der Waals surface area contributed by atoms with Crippen molar-refractivity contribution in [3.63, 3.8) is 0 Å². The van der Waals surface area contributed by atoms with Gasteiger partial charge in [-0.1, -0.05) is 0 Å². The van der Waals surface area contributed by atoms with Crippen LogP contribution in [0, 0.1) is 0 Å². The van der Waals surface area contributed by atoms with Crippen molar-refractivity contribution in [1.82, 2.24) is 9.78 Å². The summed E-state index contributed by atoms with van der Waals surface area (Å²) in [5.41, 5.74) is 1.20. The van der Waals surface area contributed by atoms with E-state index in [1.54, 1.807) is 19.9 Å². The molecule has 0 aromatic carbocycles. The molecule has 0 N–H and O–H groups in total. The molecular formula is C9H10N2O3. The lowest BCUT2D eigenvalue weighted by atomic mass is 10.5. The topological polar surface area (TPSA) is 57.3 Å². The van der Waals surface area contributed by atoms with Crippen molar-refractivity contribution in [3.8, 4) is 0 Å². The summed E-state index contributed by atoms with van der Waals surface area (Å²) in [6.45, 7) is 3.57. The first-order chi connectivity index (χ1) is 6.68. The second-order valence-electron chi connectivity index (χ2n) is 3.16. The van der Waals surface area contributed by atoms with Gasteiger partial charge in [-0.25, -0.2) is 4.79 Å². The summed E-state index contributed by atoms with van der Waals surface area (Å²) >= 11 is 0. The lowest BCUT2D eigenvalue weighted by Crippen LogP contribution is -2.18. The standard InChI is InChI=1S/C9H10N2O3/c1-6(2)14-9(12)11-7-3-4-13-8(7)5-10-11/h3-6H,1-2H3. The van der Waals surface area contributed by atoms with E-state index in [-0.39, 0.29) is 6.10 Å². The minimum absolute atomic E-state index is 0.159. The Morgan fingerprint density at radius 2 is 2.43 bits per heavy atom. The molecular weight excluding hydrogens is 184 g/mol. The first-order valence-corrected chi connectivity index (χ1v) is 4.30. The largest absolute Gasteiger partial charge is 0.461 e. The predicted octanol–water partition coefficient (Wildman–Crippen LogP) is 2.02. The second-order valence-corrected chi connectivity index (χ2v) is 3.16. The van der Waals surface area contributed by atoms with Crippen LogP contribution < -0.4 is 0 Å². The van der Waals surface area contributed by atoms with Crippen LogP contribution in [-0.2, 0) is 4.74 Å². The molecule has 5 heteroatoms. The Bertz CT molecular complexity index is 455. The molecule has 2 aromatic heterocycles. The molecule has 0 aliphatic rings. The lowest BCUT2D eigenvalue weighted by Gasteiger charge is -2.06. The van der Waals surface area contributed by atoms with Crippen LogP contribution in [-0.4, -0.2) is 22.0 Å². The smallest absolute Gasteiger partial charge is 0.435 e. The molecule has 0 amide bonds. The van der Waals surface area contributed by atoms with Gasteiger partial charge in [0, 0.05) is 6.07 Å². The molecule has 5 nitrogen and oxygen atoms in total. The van der Waals surface area contributed by atoms with Crippen LogP contribution in [0.15, 0.2) is 22.9 Å². The van der Waals surface area contributed by atoms with E-state index in [9.17, 15) is 4.79 Å². The normalized spacial score (nSPS) is 11.1. The zero-order valence-electron chi connectivity index (χ0n) is 7.93. The molecule has 0 fully saturated rings. The average molecular weight is 194 g/mol. The molecule has 0 spiro atoms. The van der Waals surface area contributed by atoms with E-state index in [2.05, 4.69) is 5.10 Å². The average Bonchev–Trinajstić information content (AvgIpc) is 2.59.